The van der Waals surface area contributed by atoms with Crippen molar-refractivity contribution in [3.05, 3.63) is 40.4 Å². The molecule has 118 valence electrons. The van der Waals surface area contributed by atoms with Crippen LogP contribution in [0.4, 0.5) is 4.39 Å². The van der Waals surface area contributed by atoms with E-state index >= 15 is 0 Å². The Kier molecular flexibility index (Phi) is 5.10. The highest BCUT2D eigenvalue weighted by molar-refractivity contribution is 6.30. The van der Waals surface area contributed by atoms with E-state index in [4.69, 9.17) is 17.3 Å². The van der Waals surface area contributed by atoms with Gasteiger partial charge in [0.25, 0.3) is 5.91 Å². The van der Waals surface area contributed by atoms with E-state index in [2.05, 4.69) is 15.6 Å². The molecule has 0 spiro atoms. The quantitative estimate of drug-likeness (QED) is 0.878. The number of hydrogen-bond acceptors (Lipinski definition) is 4. The average molecular weight is 326 g/mol. The van der Waals surface area contributed by atoms with Crippen molar-refractivity contribution in [2.45, 2.75) is 26.3 Å². The maximum atomic E-state index is 13.2. The number of nitrogens with zero attached hydrogens (tertiary/aromatic N) is 3. The SMILES string of the molecule is Cc1c(C(=O)NCCC(C)N)nnn1-c1ccc(F)c(Cl)c1. The first-order chi connectivity index (χ1) is 10.4. The van der Waals surface area contributed by atoms with Crippen LogP contribution in [-0.4, -0.2) is 33.5 Å². The van der Waals surface area contributed by atoms with Crippen LogP contribution in [-0.2, 0) is 0 Å². The first-order valence-electron chi connectivity index (χ1n) is 6.81. The molecule has 1 aromatic carbocycles. The fraction of sp³-hybridized carbons (Fsp3) is 0.357. The van der Waals surface area contributed by atoms with Crippen LogP contribution < -0.4 is 11.1 Å². The molecule has 0 saturated carbocycles. The molecule has 22 heavy (non-hydrogen) atoms. The zero-order chi connectivity index (χ0) is 16.3. The van der Waals surface area contributed by atoms with Crippen LogP contribution in [0.3, 0.4) is 0 Å². The first kappa shape index (κ1) is 16.4. The Morgan fingerprint density at radius 2 is 2.27 bits per heavy atom. The van der Waals surface area contributed by atoms with E-state index in [1.54, 1.807) is 6.92 Å². The Balaban J connectivity index is 2.18. The number of nitrogens with one attached hydrogen (secondary N) is 1. The molecule has 8 heteroatoms. The van der Waals surface area contributed by atoms with E-state index in [9.17, 15) is 9.18 Å². The van der Waals surface area contributed by atoms with Crippen molar-refractivity contribution in [2.75, 3.05) is 6.54 Å². The maximum absolute atomic E-state index is 13.2. The van der Waals surface area contributed by atoms with Crippen LogP contribution in [0.5, 0.6) is 0 Å². The zero-order valence-corrected chi connectivity index (χ0v) is 13.1. The topological polar surface area (TPSA) is 85.8 Å². The van der Waals surface area contributed by atoms with E-state index in [1.807, 2.05) is 6.92 Å². The number of nitrogens with two attached hydrogens (primary N) is 1. The molecule has 0 saturated heterocycles. The summed E-state index contributed by atoms with van der Waals surface area (Å²) in [6.45, 7) is 4.04. The Hall–Kier alpha value is -1.99. The summed E-state index contributed by atoms with van der Waals surface area (Å²) in [7, 11) is 0. The normalized spacial score (nSPS) is 12.2. The number of benzene rings is 1. The molecular weight excluding hydrogens is 309 g/mol. The van der Waals surface area contributed by atoms with Gasteiger partial charge in [0.1, 0.15) is 5.82 Å². The summed E-state index contributed by atoms with van der Waals surface area (Å²) in [5.41, 5.74) is 6.92. The largest absolute Gasteiger partial charge is 0.351 e. The summed E-state index contributed by atoms with van der Waals surface area (Å²) in [4.78, 5) is 12.1. The number of carbonyl (C=O) groups is 1. The highest BCUT2D eigenvalue weighted by atomic mass is 35.5. The lowest BCUT2D eigenvalue weighted by atomic mass is 10.2. The van der Waals surface area contributed by atoms with Crippen molar-refractivity contribution in [2.24, 2.45) is 5.73 Å². The van der Waals surface area contributed by atoms with Crippen LogP contribution in [0, 0.1) is 12.7 Å². The Morgan fingerprint density at radius 1 is 1.55 bits per heavy atom. The van der Waals surface area contributed by atoms with Gasteiger partial charge in [-0.15, -0.1) is 5.10 Å². The minimum Gasteiger partial charge on any atom is -0.351 e. The Bertz CT molecular complexity index is 686. The van der Waals surface area contributed by atoms with Gasteiger partial charge in [-0.25, -0.2) is 9.07 Å². The molecule has 1 heterocycles. The highest BCUT2D eigenvalue weighted by Gasteiger charge is 2.17. The van der Waals surface area contributed by atoms with E-state index < -0.39 is 5.82 Å². The Morgan fingerprint density at radius 3 is 2.91 bits per heavy atom. The third kappa shape index (κ3) is 3.61. The number of amides is 1. The van der Waals surface area contributed by atoms with Gasteiger partial charge in [0.15, 0.2) is 5.69 Å². The predicted molar refractivity (Wildman–Crippen MR) is 81.7 cm³/mol. The average Bonchev–Trinajstić information content (AvgIpc) is 2.83. The second kappa shape index (κ2) is 6.85. The minimum absolute atomic E-state index is 0.0124. The van der Waals surface area contributed by atoms with E-state index in [0.29, 0.717) is 24.3 Å². The van der Waals surface area contributed by atoms with Crippen molar-refractivity contribution in [1.29, 1.82) is 0 Å². The molecule has 1 atom stereocenters. The minimum atomic E-state index is -0.517. The molecule has 1 aromatic heterocycles. The summed E-state index contributed by atoms with van der Waals surface area (Å²) >= 11 is 5.76. The second-order valence-electron chi connectivity index (χ2n) is 5.06. The predicted octanol–water partition coefficient (Wildman–Crippen LogP) is 1.84. The molecule has 6 nitrogen and oxygen atoms in total. The molecule has 0 fully saturated rings. The molecule has 1 amide bonds. The van der Waals surface area contributed by atoms with Crippen molar-refractivity contribution in [3.63, 3.8) is 0 Å². The molecular formula is C14H17ClFN5O. The molecule has 0 radical (unpaired) electrons. The van der Waals surface area contributed by atoms with E-state index in [0.717, 1.165) is 0 Å². The summed E-state index contributed by atoms with van der Waals surface area (Å²) in [6, 6.07) is 4.19. The third-order valence-corrected chi connectivity index (χ3v) is 3.43. The number of carbonyl (C=O) groups excluding carboxylic acids is 1. The molecule has 0 aliphatic carbocycles. The number of halogens is 2. The van der Waals surface area contributed by atoms with Gasteiger partial charge < -0.3 is 11.1 Å². The zero-order valence-electron chi connectivity index (χ0n) is 12.3. The summed E-state index contributed by atoms with van der Waals surface area (Å²) < 4.78 is 14.6. The molecule has 0 aliphatic heterocycles. The molecule has 2 aromatic rings. The molecule has 2 rings (SSSR count). The molecule has 0 bridgehead atoms. The van der Waals surface area contributed by atoms with Crippen LogP contribution in [0.15, 0.2) is 18.2 Å². The maximum Gasteiger partial charge on any atom is 0.273 e. The van der Waals surface area contributed by atoms with Gasteiger partial charge in [-0.3, -0.25) is 4.79 Å². The standard InChI is InChI=1S/C14H17ClFN5O/c1-8(17)5-6-18-14(22)13-9(2)21(20-19-13)10-3-4-12(16)11(15)7-10/h3-4,7-8H,5-6,17H2,1-2H3,(H,18,22). The van der Waals surface area contributed by atoms with Gasteiger partial charge >= 0.3 is 0 Å². The fourth-order valence-corrected chi connectivity index (χ4v) is 2.07. The highest BCUT2D eigenvalue weighted by Crippen LogP contribution is 2.20. The van der Waals surface area contributed by atoms with E-state index in [-0.39, 0.29) is 22.7 Å². The van der Waals surface area contributed by atoms with Gasteiger partial charge in [-0.05, 0) is 38.5 Å². The number of aromatic nitrogens is 3. The summed E-state index contributed by atoms with van der Waals surface area (Å²) in [5.74, 6) is -0.838. The molecule has 1 unspecified atom stereocenters. The first-order valence-corrected chi connectivity index (χ1v) is 7.19. The van der Waals surface area contributed by atoms with Crippen LogP contribution in [0.25, 0.3) is 5.69 Å². The Labute approximate surface area is 132 Å². The van der Waals surface area contributed by atoms with Crippen LogP contribution >= 0.6 is 11.6 Å². The fourth-order valence-electron chi connectivity index (χ4n) is 1.90. The number of hydrogen-bond donors (Lipinski definition) is 2. The van der Waals surface area contributed by atoms with Crippen molar-refractivity contribution < 1.29 is 9.18 Å². The molecule has 0 aliphatic rings. The van der Waals surface area contributed by atoms with Crippen molar-refractivity contribution >= 4 is 17.5 Å². The molecule has 3 N–H and O–H groups in total. The second-order valence-corrected chi connectivity index (χ2v) is 5.46. The van der Waals surface area contributed by atoms with Gasteiger partial charge in [-0.1, -0.05) is 16.8 Å². The lowest BCUT2D eigenvalue weighted by Crippen LogP contribution is -2.29. The van der Waals surface area contributed by atoms with Gasteiger partial charge in [0.05, 0.1) is 16.4 Å². The summed E-state index contributed by atoms with van der Waals surface area (Å²) in [6.07, 6.45) is 0.673. The van der Waals surface area contributed by atoms with Gasteiger partial charge in [0.2, 0.25) is 0 Å². The van der Waals surface area contributed by atoms with Gasteiger partial charge in [0, 0.05) is 12.6 Å². The van der Waals surface area contributed by atoms with Crippen molar-refractivity contribution in [3.8, 4) is 5.69 Å². The van der Waals surface area contributed by atoms with Crippen molar-refractivity contribution in [1.82, 2.24) is 20.3 Å². The van der Waals surface area contributed by atoms with Gasteiger partial charge in [-0.2, -0.15) is 0 Å². The lowest BCUT2D eigenvalue weighted by Gasteiger charge is -2.07. The summed E-state index contributed by atoms with van der Waals surface area (Å²) in [5, 5.41) is 10.5. The van der Waals surface area contributed by atoms with Crippen LogP contribution in [0.1, 0.15) is 29.5 Å². The van der Waals surface area contributed by atoms with Crippen LogP contribution in [0.2, 0.25) is 5.02 Å². The van der Waals surface area contributed by atoms with E-state index in [1.165, 1.54) is 22.9 Å². The third-order valence-electron chi connectivity index (χ3n) is 3.14. The monoisotopic (exact) mass is 325 g/mol. The lowest BCUT2D eigenvalue weighted by molar-refractivity contribution is 0.0947. The smallest absolute Gasteiger partial charge is 0.273 e. The number of rotatable bonds is 5.